The Hall–Kier alpha value is -2.14. The number of hydrogen-bond donors (Lipinski definition) is 1. The van der Waals surface area contributed by atoms with Crippen LogP contribution in [0.15, 0.2) is 42.7 Å². The number of hydrogen-bond acceptors (Lipinski definition) is 3. The summed E-state index contributed by atoms with van der Waals surface area (Å²) < 4.78 is 1.86. The molecule has 1 aliphatic rings. The predicted molar refractivity (Wildman–Crippen MR) is 73.8 cm³/mol. The second kappa shape index (κ2) is 5.46. The fourth-order valence-corrected chi connectivity index (χ4v) is 2.47. The zero-order chi connectivity index (χ0) is 13.9. The van der Waals surface area contributed by atoms with Crippen LogP contribution in [0.2, 0.25) is 0 Å². The molecule has 1 aromatic heterocycles. The zero-order valence-electron chi connectivity index (χ0n) is 11.1. The minimum atomic E-state index is -0.526. The number of β-amino-alcohol motifs (C(OH)–C–C–N with tert-alkyl or cyclic N) is 1. The number of aliphatic hydroxyl groups excluding tert-OH is 1. The van der Waals surface area contributed by atoms with Crippen LogP contribution in [-0.2, 0) is 17.9 Å². The number of benzene rings is 1. The quantitative estimate of drug-likeness (QED) is 0.903. The average Bonchev–Trinajstić information content (AvgIpc) is 2.98. The van der Waals surface area contributed by atoms with E-state index >= 15 is 0 Å². The fraction of sp³-hybridized carbons (Fsp3) is 0.333. The molecule has 0 bridgehead atoms. The summed E-state index contributed by atoms with van der Waals surface area (Å²) in [5.41, 5.74) is 2.18. The van der Waals surface area contributed by atoms with Gasteiger partial charge in [-0.1, -0.05) is 30.3 Å². The lowest BCUT2D eigenvalue weighted by Gasteiger charge is -2.13. The van der Waals surface area contributed by atoms with Crippen molar-refractivity contribution in [2.75, 3.05) is 6.54 Å². The number of likely N-dealkylation sites (tertiary alicyclic amines) is 1. The summed E-state index contributed by atoms with van der Waals surface area (Å²) in [7, 11) is 0. The van der Waals surface area contributed by atoms with Crippen LogP contribution in [0.25, 0.3) is 0 Å². The van der Waals surface area contributed by atoms with E-state index in [-0.39, 0.29) is 12.3 Å². The highest BCUT2D eigenvalue weighted by Gasteiger charge is 2.27. The standard InChI is InChI=1S/C15H17N3O2/c19-14-6-15(20)17(11-14)8-13-7-16-18(10-13)9-12-4-2-1-3-5-12/h1-5,7,10,14,19H,6,8-9,11H2. The van der Waals surface area contributed by atoms with Crippen LogP contribution in [0.1, 0.15) is 17.5 Å². The van der Waals surface area contributed by atoms with Gasteiger partial charge in [0.1, 0.15) is 0 Å². The molecule has 1 aliphatic heterocycles. The third kappa shape index (κ3) is 2.88. The van der Waals surface area contributed by atoms with Gasteiger partial charge in [-0.25, -0.2) is 0 Å². The third-order valence-corrected chi connectivity index (χ3v) is 3.44. The van der Waals surface area contributed by atoms with Crippen LogP contribution in [0, 0.1) is 0 Å². The van der Waals surface area contributed by atoms with Crippen LogP contribution >= 0.6 is 0 Å². The van der Waals surface area contributed by atoms with Gasteiger partial charge in [-0.05, 0) is 5.56 Å². The second-order valence-electron chi connectivity index (χ2n) is 5.16. The Morgan fingerprint density at radius 2 is 2.00 bits per heavy atom. The first-order valence-electron chi connectivity index (χ1n) is 6.72. The first-order valence-corrected chi connectivity index (χ1v) is 6.72. The molecule has 3 rings (SSSR count). The number of aromatic nitrogens is 2. The van der Waals surface area contributed by atoms with Crippen LogP contribution in [0.4, 0.5) is 0 Å². The molecule has 0 aliphatic carbocycles. The summed E-state index contributed by atoms with van der Waals surface area (Å²) in [5, 5.41) is 13.8. The van der Waals surface area contributed by atoms with Crippen molar-refractivity contribution >= 4 is 5.91 Å². The van der Waals surface area contributed by atoms with Gasteiger partial charge in [0.05, 0.1) is 25.3 Å². The maximum atomic E-state index is 11.6. The molecule has 1 saturated heterocycles. The molecule has 1 atom stereocenters. The van der Waals surface area contributed by atoms with Gasteiger partial charge in [0.2, 0.25) is 5.91 Å². The molecule has 0 spiro atoms. The Bertz CT molecular complexity index is 594. The highest BCUT2D eigenvalue weighted by molar-refractivity contribution is 5.78. The molecule has 1 fully saturated rings. The number of carbonyl (C=O) groups is 1. The molecule has 5 heteroatoms. The van der Waals surface area contributed by atoms with Crippen LogP contribution in [0.5, 0.6) is 0 Å². The van der Waals surface area contributed by atoms with Crippen LogP contribution < -0.4 is 0 Å². The molecule has 2 heterocycles. The van der Waals surface area contributed by atoms with Crippen molar-refractivity contribution in [1.82, 2.24) is 14.7 Å². The van der Waals surface area contributed by atoms with E-state index < -0.39 is 6.10 Å². The molecule has 1 amide bonds. The van der Waals surface area contributed by atoms with E-state index in [9.17, 15) is 9.90 Å². The van der Waals surface area contributed by atoms with Gasteiger partial charge >= 0.3 is 0 Å². The lowest BCUT2D eigenvalue weighted by Crippen LogP contribution is -2.25. The van der Waals surface area contributed by atoms with E-state index in [1.54, 1.807) is 11.1 Å². The van der Waals surface area contributed by atoms with E-state index in [1.807, 2.05) is 29.1 Å². The monoisotopic (exact) mass is 271 g/mol. The zero-order valence-corrected chi connectivity index (χ0v) is 11.1. The number of rotatable bonds is 4. The maximum absolute atomic E-state index is 11.6. The summed E-state index contributed by atoms with van der Waals surface area (Å²) in [6.07, 6.45) is 3.44. The van der Waals surface area contributed by atoms with E-state index in [4.69, 9.17) is 0 Å². The van der Waals surface area contributed by atoms with Crippen LogP contribution in [0.3, 0.4) is 0 Å². The normalized spacial score (nSPS) is 18.8. The third-order valence-electron chi connectivity index (χ3n) is 3.44. The maximum Gasteiger partial charge on any atom is 0.225 e. The van der Waals surface area contributed by atoms with E-state index in [1.165, 1.54) is 5.56 Å². The number of amides is 1. The number of carbonyl (C=O) groups excluding carboxylic acids is 1. The van der Waals surface area contributed by atoms with E-state index in [0.717, 1.165) is 12.1 Å². The van der Waals surface area contributed by atoms with Crippen molar-refractivity contribution in [2.24, 2.45) is 0 Å². The minimum Gasteiger partial charge on any atom is -0.391 e. The SMILES string of the molecule is O=C1CC(O)CN1Cc1cnn(Cc2ccccc2)c1. The molecule has 104 valence electrons. The number of aliphatic hydroxyl groups is 1. The van der Waals surface area contributed by atoms with Crippen molar-refractivity contribution < 1.29 is 9.90 Å². The Balaban J connectivity index is 1.64. The topological polar surface area (TPSA) is 58.4 Å². The van der Waals surface area contributed by atoms with Crippen molar-refractivity contribution in [3.05, 3.63) is 53.9 Å². The minimum absolute atomic E-state index is 0.00769. The first-order chi connectivity index (χ1) is 9.70. The molecule has 1 aromatic carbocycles. The Kier molecular flexibility index (Phi) is 3.52. The van der Waals surface area contributed by atoms with Crippen LogP contribution in [-0.4, -0.2) is 38.3 Å². The highest BCUT2D eigenvalue weighted by atomic mass is 16.3. The van der Waals surface area contributed by atoms with Gasteiger partial charge in [0.15, 0.2) is 0 Å². The van der Waals surface area contributed by atoms with Gasteiger partial charge in [-0.15, -0.1) is 0 Å². The first kappa shape index (κ1) is 12.9. The molecule has 5 nitrogen and oxygen atoms in total. The fourth-order valence-electron chi connectivity index (χ4n) is 2.47. The predicted octanol–water partition coefficient (Wildman–Crippen LogP) is 1.02. The summed E-state index contributed by atoms with van der Waals surface area (Å²) in [6, 6.07) is 10.1. The van der Waals surface area contributed by atoms with Crippen molar-refractivity contribution in [3.63, 3.8) is 0 Å². The molecule has 0 saturated carbocycles. The summed E-state index contributed by atoms with van der Waals surface area (Å²) in [4.78, 5) is 13.3. The molecule has 1 unspecified atom stereocenters. The van der Waals surface area contributed by atoms with Gasteiger partial charge in [0, 0.05) is 24.8 Å². The van der Waals surface area contributed by atoms with E-state index in [2.05, 4.69) is 17.2 Å². The Labute approximate surface area is 117 Å². The van der Waals surface area contributed by atoms with Gasteiger partial charge in [0.25, 0.3) is 0 Å². The molecular weight excluding hydrogens is 254 g/mol. The summed E-state index contributed by atoms with van der Waals surface area (Å²) in [5.74, 6) is 0.00769. The van der Waals surface area contributed by atoms with Gasteiger partial charge < -0.3 is 10.0 Å². The molecule has 1 N–H and O–H groups in total. The average molecular weight is 271 g/mol. The molecule has 20 heavy (non-hydrogen) atoms. The molecular formula is C15H17N3O2. The Morgan fingerprint density at radius 1 is 1.20 bits per heavy atom. The van der Waals surface area contributed by atoms with Crippen molar-refractivity contribution in [3.8, 4) is 0 Å². The largest absolute Gasteiger partial charge is 0.391 e. The van der Waals surface area contributed by atoms with Gasteiger partial charge in [-0.2, -0.15) is 5.10 Å². The summed E-state index contributed by atoms with van der Waals surface area (Å²) in [6.45, 7) is 1.66. The lowest BCUT2D eigenvalue weighted by molar-refractivity contribution is -0.128. The summed E-state index contributed by atoms with van der Waals surface area (Å²) >= 11 is 0. The van der Waals surface area contributed by atoms with Crippen molar-refractivity contribution in [1.29, 1.82) is 0 Å². The molecule has 0 radical (unpaired) electrons. The second-order valence-corrected chi connectivity index (χ2v) is 5.16. The Morgan fingerprint density at radius 3 is 2.70 bits per heavy atom. The van der Waals surface area contributed by atoms with Gasteiger partial charge in [-0.3, -0.25) is 9.48 Å². The lowest BCUT2D eigenvalue weighted by atomic mass is 10.2. The smallest absolute Gasteiger partial charge is 0.225 e. The highest BCUT2D eigenvalue weighted by Crippen LogP contribution is 2.14. The van der Waals surface area contributed by atoms with Crippen molar-refractivity contribution in [2.45, 2.75) is 25.6 Å². The molecule has 2 aromatic rings. The number of nitrogens with zero attached hydrogens (tertiary/aromatic N) is 3. The van der Waals surface area contributed by atoms with E-state index in [0.29, 0.717) is 13.1 Å².